The lowest BCUT2D eigenvalue weighted by Gasteiger charge is -2.03. The van der Waals surface area contributed by atoms with E-state index in [4.69, 9.17) is 4.74 Å². The van der Waals surface area contributed by atoms with Crippen LogP contribution in [0.15, 0.2) is 40.4 Å². The number of Topliss-reactive ketones (excluding diaryl/α,β-unsaturated/α-hetero) is 1. The first-order valence-corrected chi connectivity index (χ1v) is 6.44. The summed E-state index contributed by atoms with van der Waals surface area (Å²) in [6.45, 7) is 3.00. The molecule has 0 N–H and O–H groups in total. The van der Waals surface area contributed by atoms with E-state index in [1.807, 2.05) is 0 Å². The summed E-state index contributed by atoms with van der Waals surface area (Å²) in [6.07, 6.45) is 1.02. The van der Waals surface area contributed by atoms with Crippen molar-refractivity contribution in [3.05, 3.63) is 46.0 Å². The third-order valence-corrected chi connectivity index (χ3v) is 2.81. The molecule has 0 aliphatic heterocycles. The van der Waals surface area contributed by atoms with Crippen LogP contribution in [0.25, 0.3) is 0 Å². The Hall–Kier alpha value is -1.75. The van der Waals surface area contributed by atoms with Gasteiger partial charge in [0.05, 0.1) is 6.61 Å². The van der Waals surface area contributed by atoms with Gasteiger partial charge >= 0.3 is 5.97 Å². The number of ether oxygens (including phenoxy) is 1. The fourth-order valence-corrected chi connectivity index (χ4v) is 1.61. The van der Waals surface area contributed by atoms with Crippen LogP contribution in [0, 0.1) is 0 Å². The summed E-state index contributed by atoms with van der Waals surface area (Å²) < 4.78 is 5.57. The zero-order valence-electron chi connectivity index (χ0n) is 10.6. The molecule has 1 aromatic carbocycles. The Morgan fingerprint density at radius 3 is 2.26 bits per heavy atom. The van der Waals surface area contributed by atoms with Crippen molar-refractivity contribution in [1.82, 2.24) is 0 Å². The quantitative estimate of drug-likeness (QED) is 0.275. The Bertz CT molecular complexity index is 529. The molecule has 0 atom stereocenters. The molecule has 100 valence electrons. The van der Waals surface area contributed by atoms with E-state index in [9.17, 15) is 14.4 Å². The summed E-state index contributed by atoms with van der Waals surface area (Å²) in [6, 6.07) is 6.62. The summed E-state index contributed by atoms with van der Waals surface area (Å²) in [4.78, 5) is 34.8. The van der Waals surface area contributed by atoms with Crippen LogP contribution in [0.2, 0.25) is 0 Å². The molecule has 0 saturated carbocycles. The van der Waals surface area contributed by atoms with Gasteiger partial charge in [-0.3, -0.25) is 9.59 Å². The second kappa shape index (κ2) is 6.99. The summed E-state index contributed by atoms with van der Waals surface area (Å²) in [5.41, 5.74) is 0.154. The topological polar surface area (TPSA) is 60.4 Å². The maximum Gasteiger partial charge on any atom is 0.341 e. The Kier molecular flexibility index (Phi) is 5.63. The van der Waals surface area contributed by atoms with Gasteiger partial charge in [0.2, 0.25) is 0 Å². The van der Waals surface area contributed by atoms with Crippen LogP contribution < -0.4 is 0 Å². The number of carbonyl (C=O) groups excluding carboxylic acids is 3. The average Bonchev–Trinajstić information content (AvgIpc) is 2.36. The Balaban J connectivity index is 3.02. The van der Waals surface area contributed by atoms with Gasteiger partial charge in [-0.15, -0.1) is 0 Å². The maximum atomic E-state index is 11.9. The molecule has 0 radical (unpaired) electrons. The highest BCUT2D eigenvalue weighted by atomic mass is 79.9. The van der Waals surface area contributed by atoms with Crippen molar-refractivity contribution in [1.29, 1.82) is 0 Å². The summed E-state index contributed by atoms with van der Waals surface area (Å²) >= 11 is 3.26. The lowest BCUT2D eigenvalue weighted by Crippen LogP contribution is -2.15. The van der Waals surface area contributed by atoms with Crippen molar-refractivity contribution in [3.63, 3.8) is 0 Å². The van der Waals surface area contributed by atoms with Crippen LogP contribution in [0.5, 0.6) is 0 Å². The second-order valence-corrected chi connectivity index (χ2v) is 4.62. The fraction of sp³-hybridized carbons (Fsp3) is 0.214. The normalized spacial score (nSPS) is 11.0. The molecule has 0 amide bonds. The highest BCUT2D eigenvalue weighted by molar-refractivity contribution is 9.10. The lowest BCUT2D eigenvalue weighted by atomic mass is 10.1. The lowest BCUT2D eigenvalue weighted by molar-refractivity contribution is -0.139. The number of rotatable bonds is 5. The molecular formula is C14H13BrO4. The van der Waals surface area contributed by atoms with Crippen LogP contribution in [0.1, 0.15) is 24.2 Å². The van der Waals surface area contributed by atoms with E-state index in [2.05, 4.69) is 15.9 Å². The van der Waals surface area contributed by atoms with Gasteiger partial charge in [0.15, 0.2) is 11.6 Å². The van der Waals surface area contributed by atoms with Crippen molar-refractivity contribution >= 4 is 33.5 Å². The van der Waals surface area contributed by atoms with Crippen LogP contribution >= 0.6 is 15.9 Å². The third kappa shape index (κ3) is 4.44. The molecule has 0 aliphatic carbocycles. The number of benzene rings is 1. The van der Waals surface area contributed by atoms with Crippen molar-refractivity contribution in [3.8, 4) is 0 Å². The van der Waals surface area contributed by atoms with Gasteiger partial charge in [0.1, 0.15) is 5.57 Å². The van der Waals surface area contributed by atoms with Crippen molar-refractivity contribution in [2.75, 3.05) is 6.61 Å². The van der Waals surface area contributed by atoms with E-state index in [0.29, 0.717) is 5.56 Å². The Morgan fingerprint density at radius 2 is 1.79 bits per heavy atom. The SMILES string of the molecule is CCOC(=O)C(=CC(=O)c1ccc(Br)cc1)C(C)=O. The van der Waals surface area contributed by atoms with E-state index in [-0.39, 0.29) is 12.2 Å². The molecule has 0 saturated heterocycles. The highest BCUT2D eigenvalue weighted by Gasteiger charge is 2.17. The smallest absolute Gasteiger partial charge is 0.341 e. The van der Waals surface area contributed by atoms with Gasteiger partial charge in [-0.05, 0) is 38.1 Å². The molecular weight excluding hydrogens is 312 g/mol. The van der Waals surface area contributed by atoms with Gasteiger partial charge in [-0.1, -0.05) is 15.9 Å². The zero-order chi connectivity index (χ0) is 14.4. The molecule has 1 aromatic rings. The predicted molar refractivity (Wildman–Crippen MR) is 73.9 cm³/mol. The minimum atomic E-state index is -0.777. The van der Waals surface area contributed by atoms with E-state index in [1.165, 1.54) is 6.92 Å². The molecule has 0 aliphatic rings. The summed E-state index contributed by atoms with van der Waals surface area (Å²) in [7, 11) is 0. The minimum Gasteiger partial charge on any atom is -0.462 e. The highest BCUT2D eigenvalue weighted by Crippen LogP contribution is 2.12. The number of carbonyl (C=O) groups is 3. The molecule has 0 unspecified atom stereocenters. The van der Waals surface area contributed by atoms with Crippen LogP contribution in [0.3, 0.4) is 0 Å². The van der Waals surface area contributed by atoms with E-state index < -0.39 is 17.5 Å². The van der Waals surface area contributed by atoms with Crippen LogP contribution in [-0.4, -0.2) is 24.1 Å². The molecule has 5 heteroatoms. The maximum absolute atomic E-state index is 11.9. The van der Waals surface area contributed by atoms with E-state index >= 15 is 0 Å². The number of esters is 1. The standard InChI is InChI=1S/C14H13BrO4/c1-3-19-14(18)12(9(2)16)8-13(17)10-4-6-11(15)7-5-10/h4-8H,3H2,1-2H3. The largest absolute Gasteiger partial charge is 0.462 e. The van der Waals surface area contributed by atoms with Gasteiger partial charge < -0.3 is 4.74 Å². The number of hydrogen-bond acceptors (Lipinski definition) is 4. The molecule has 0 aromatic heterocycles. The predicted octanol–water partition coefficient (Wildman–Crippen LogP) is 2.71. The van der Waals surface area contributed by atoms with Gasteiger partial charge in [0, 0.05) is 16.1 Å². The molecule has 0 fully saturated rings. The van der Waals surface area contributed by atoms with Gasteiger partial charge in [0.25, 0.3) is 0 Å². The summed E-state index contributed by atoms with van der Waals surface area (Å²) in [5.74, 6) is -1.69. The first-order valence-electron chi connectivity index (χ1n) is 5.65. The third-order valence-electron chi connectivity index (χ3n) is 2.28. The van der Waals surface area contributed by atoms with Gasteiger partial charge in [-0.25, -0.2) is 4.79 Å². The minimum absolute atomic E-state index is 0.149. The number of ketones is 2. The zero-order valence-corrected chi connectivity index (χ0v) is 12.2. The Labute approximate surface area is 119 Å². The Morgan fingerprint density at radius 1 is 1.21 bits per heavy atom. The van der Waals surface area contributed by atoms with E-state index in [1.54, 1.807) is 31.2 Å². The number of allylic oxidation sites excluding steroid dienone is 1. The van der Waals surface area contributed by atoms with E-state index in [0.717, 1.165) is 10.5 Å². The molecule has 4 nitrogen and oxygen atoms in total. The monoisotopic (exact) mass is 324 g/mol. The van der Waals surface area contributed by atoms with Crippen LogP contribution in [0.4, 0.5) is 0 Å². The fourth-order valence-electron chi connectivity index (χ4n) is 1.34. The molecule has 0 bridgehead atoms. The molecule has 19 heavy (non-hydrogen) atoms. The molecule has 0 spiro atoms. The number of halogens is 1. The first kappa shape index (κ1) is 15.3. The molecule has 0 heterocycles. The van der Waals surface area contributed by atoms with Gasteiger partial charge in [-0.2, -0.15) is 0 Å². The first-order chi connectivity index (χ1) is 8.95. The number of hydrogen-bond donors (Lipinski definition) is 0. The van der Waals surface area contributed by atoms with Crippen molar-refractivity contribution in [2.45, 2.75) is 13.8 Å². The average molecular weight is 325 g/mol. The van der Waals surface area contributed by atoms with Crippen molar-refractivity contribution < 1.29 is 19.1 Å². The van der Waals surface area contributed by atoms with Crippen molar-refractivity contribution in [2.24, 2.45) is 0 Å². The molecule has 1 rings (SSSR count). The van der Waals surface area contributed by atoms with Crippen LogP contribution in [-0.2, 0) is 14.3 Å². The summed E-state index contributed by atoms with van der Waals surface area (Å²) in [5, 5.41) is 0. The second-order valence-electron chi connectivity index (χ2n) is 3.71.